The van der Waals surface area contributed by atoms with Crippen LogP contribution in [0.4, 0.5) is 0 Å². The first kappa shape index (κ1) is 28.5. The van der Waals surface area contributed by atoms with Crippen LogP contribution < -0.4 is 0 Å². The molecule has 1 fully saturated rings. The van der Waals surface area contributed by atoms with Gasteiger partial charge in [-0.05, 0) is 44.9 Å². The molecular weight excluding hydrogens is 446 g/mol. The minimum atomic E-state index is -4.72. The summed E-state index contributed by atoms with van der Waals surface area (Å²) in [6.07, 6.45) is 24.7. The molecule has 1 saturated heterocycles. The monoisotopic (exact) mass is 481 g/mol. The molecule has 0 spiro atoms. The number of imide groups is 1. The lowest BCUT2D eigenvalue weighted by Gasteiger charge is -2.12. The molecule has 1 aliphatic heterocycles. The molecule has 0 aliphatic carbocycles. The predicted molar refractivity (Wildman–Crippen MR) is 126 cm³/mol. The van der Waals surface area contributed by atoms with Gasteiger partial charge in [-0.3, -0.25) is 14.1 Å². The van der Waals surface area contributed by atoms with E-state index in [1.807, 2.05) is 12.2 Å². The van der Waals surface area contributed by atoms with Gasteiger partial charge in [0.1, 0.15) is 0 Å². The molecule has 0 unspecified atom stereocenters. The van der Waals surface area contributed by atoms with Crippen molar-refractivity contribution >= 4 is 27.9 Å². The second-order valence-electron chi connectivity index (χ2n) is 7.68. The fourth-order valence-electron chi connectivity index (χ4n) is 2.98. The number of unbranched alkanes of at least 4 members (excludes halogenated alkanes) is 4. The van der Waals surface area contributed by atoms with Gasteiger partial charge in [-0.15, -0.1) is 5.06 Å². The smallest absolute Gasteiger partial charge is 0.330 e. The molecule has 0 aromatic carbocycles. The van der Waals surface area contributed by atoms with E-state index in [0.29, 0.717) is 12.8 Å². The average molecular weight is 482 g/mol. The number of carbonyl (C=O) groups is 3. The van der Waals surface area contributed by atoms with E-state index in [2.05, 4.69) is 48.2 Å². The number of hydrogen-bond acceptors (Lipinski definition) is 6. The first-order valence-electron chi connectivity index (χ1n) is 11.4. The maximum Gasteiger partial charge on any atom is 0.333 e. The Bertz CT molecular complexity index is 856. The number of nitrogens with zero attached hydrogens (tertiary/aromatic N) is 1. The molecular formula is C24H35NO7S. The Balaban J connectivity index is 2.11. The molecule has 33 heavy (non-hydrogen) atoms. The van der Waals surface area contributed by atoms with Crippen LogP contribution >= 0.6 is 0 Å². The number of carbonyl (C=O) groups excluding carboxylic acids is 3. The summed E-state index contributed by atoms with van der Waals surface area (Å²) in [6.45, 7) is 2.20. The number of amides is 2. The van der Waals surface area contributed by atoms with Crippen molar-refractivity contribution in [3.8, 4) is 0 Å². The largest absolute Gasteiger partial charge is 0.333 e. The highest BCUT2D eigenvalue weighted by molar-refractivity contribution is 7.87. The zero-order chi connectivity index (χ0) is 24.5. The van der Waals surface area contributed by atoms with E-state index in [-0.39, 0.29) is 11.5 Å². The number of allylic oxidation sites excluding steroid dienone is 8. The summed E-state index contributed by atoms with van der Waals surface area (Å²) in [5.74, 6) is -3.05. The molecule has 1 atom stereocenters. The molecule has 1 aliphatic rings. The predicted octanol–water partition coefficient (Wildman–Crippen LogP) is 4.61. The van der Waals surface area contributed by atoms with Crippen molar-refractivity contribution in [1.29, 1.82) is 0 Å². The maximum absolute atomic E-state index is 11.8. The zero-order valence-corrected chi connectivity index (χ0v) is 20.0. The Kier molecular flexibility index (Phi) is 14.0. The van der Waals surface area contributed by atoms with Crippen LogP contribution in [-0.4, -0.2) is 41.1 Å². The van der Waals surface area contributed by atoms with Crippen molar-refractivity contribution in [1.82, 2.24) is 5.06 Å². The van der Waals surface area contributed by atoms with Gasteiger partial charge < -0.3 is 4.84 Å². The SMILES string of the molecule is CCCCC/C=C\C/C=C\C/C=C\C/C=C\CCCC(=O)ON1C(=O)C[C@@H](S(=O)(=O)O)C1=O. The van der Waals surface area contributed by atoms with Gasteiger partial charge in [0.2, 0.25) is 0 Å². The lowest BCUT2D eigenvalue weighted by Crippen LogP contribution is -2.36. The summed E-state index contributed by atoms with van der Waals surface area (Å²) in [5, 5.41) is -1.79. The Morgan fingerprint density at radius 1 is 0.939 bits per heavy atom. The van der Waals surface area contributed by atoms with E-state index in [9.17, 15) is 22.8 Å². The van der Waals surface area contributed by atoms with E-state index in [0.717, 1.165) is 25.7 Å². The molecule has 184 valence electrons. The Morgan fingerprint density at radius 3 is 1.94 bits per heavy atom. The van der Waals surface area contributed by atoms with Gasteiger partial charge in [0.25, 0.3) is 21.9 Å². The van der Waals surface area contributed by atoms with Gasteiger partial charge in [-0.2, -0.15) is 8.42 Å². The first-order chi connectivity index (χ1) is 15.8. The van der Waals surface area contributed by atoms with Crippen molar-refractivity contribution in [2.45, 2.75) is 82.8 Å². The number of hydrogen-bond donors (Lipinski definition) is 1. The summed E-state index contributed by atoms with van der Waals surface area (Å²) < 4.78 is 31.1. The first-order valence-corrected chi connectivity index (χ1v) is 12.9. The third kappa shape index (κ3) is 12.3. The van der Waals surface area contributed by atoms with Gasteiger partial charge in [-0.25, -0.2) is 4.79 Å². The van der Waals surface area contributed by atoms with E-state index >= 15 is 0 Å². The highest BCUT2D eigenvalue weighted by Crippen LogP contribution is 2.20. The minimum absolute atomic E-state index is 0.0361. The molecule has 1 rings (SSSR count). The molecule has 0 bridgehead atoms. The summed E-state index contributed by atoms with van der Waals surface area (Å²) in [7, 11) is -4.72. The average Bonchev–Trinajstić information content (AvgIpc) is 3.04. The van der Waals surface area contributed by atoms with Crippen LogP contribution in [-0.2, 0) is 29.3 Å². The Morgan fingerprint density at radius 2 is 1.45 bits per heavy atom. The van der Waals surface area contributed by atoms with E-state index in [1.54, 1.807) is 0 Å². The van der Waals surface area contributed by atoms with E-state index in [4.69, 9.17) is 4.55 Å². The van der Waals surface area contributed by atoms with Crippen molar-refractivity contribution in [2.75, 3.05) is 0 Å². The fourth-order valence-corrected chi connectivity index (χ4v) is 3.69. The van der Waals surface area contributed by atoms with Gasteiger partial charge in [-0.1, -0.05) is 68.4 Å². The lowest BCUT2D eigenvalue weighted by molar-refractivity contribution is -0.197. The number of rotatable bonds is 16. The van der Waals surface area contributed by atoms with Crippen LogP contribution in [0.3, 0.4) is 0 Å². The second kappa shape index (κ2) is 16.1. The van der Waals surface area contributed by atoms with Gasteiger partial charge in [0, 0.05) is 6.42 Å². The highest BCUT2D eigenvalue weighted by Gasteiger charge is 2.48. The Labute approximate surface area is 196 Å². The van der Waals surface area contributed by atoms with Gasteiger partial charge >= 0.3 is 5.97 Å². The Hall–Kier alpha value is -2.52. The van der Waals surface area contributed by atoms with Crippen LogP contribution in [0.25, 0.3) is 0 Å². The maximum atomic E-state index is 11.8. The van der Waals surface area contributed by atoms with Crippen LogP contribution in [0.15, 0.2) is 48.6 Å². The van der Waals surface area contributed by atoms with Crippen LogP contribution in [0.5, 0.6) is 0 Å². The third-order valence-corrected chi connectivity index (χ3v) is 5.91. The molecule has 9 heteroatoms. The summed E-state index contributed by atoms with van der Waals surface area (Å²) in [6, 6.07) is 0. The number of hydroxylamine groups is 2. The third-order valence-electron chi connectivity index (χ3n) is 4.82. The molecule has 0 aromatic heterocycles. The molecule has 0 radical (unpaired) electrons. The van der Waals surface area contributed by atoms with E-state index < -0.39 is 39.6 Å². The summed E-state index contributed by atoms with van der Waals surface area (Å²) in [5.41, 5.74) is 0. The van der Waals surface area contributed by atoms with Gasteiger partial charge in [0.15, 0.2) is 5.25 Å². The van der Waals surface area contributed by atoms with Crippen molar-refractivity contribution in [2.24, 2.45) is 0 Å². The van der Waals surface area contributed by atoms with Crippen LogP contribution in [0.2, 0.25) is 0 Å². The molecule has 0 saturated carbocycles. The highest BCUT2D eigenvalue weighted by atomic mass is 32.2. The van der Waals surface area contributed by atoms with Gasteiger partial charge in [0.05, 0.1) is 6.42 Å². The molecule has 1 heterocycles. The van der Waals surface area contributed by atoms with Crippen LogP contribution in [0.1, 0.15) is 77.6 Å². The normalized spacial score (nSPS) is 17.5. The van der Waals surface area contributed by atoms with E-state index in [1.165, 1.54) is 19.3 Å². The zero-order valence-electron chi connectivity index (χ0n) is 19.2. The molecule has 0 aromatic rings. The molecule has 1 N–H and O–H groups in total. The summed E-state index contributed by atoms with van der Waals surface area (Å²) in [4.78, 5) is 39.9. The fraction of sp³-hybridized carbons (Fsp3) is 0.542. The topological polar surface area (TPSA) is 118 Å². The van der Waals surface area contributed by atoms with Crippen molar-refractivity contribution < 1.29 is 32.2 Å². The lowest BCUT2D eigenvalue weighted by atomic mass is 10.2. The minimum Gasteiger partial charge on any atom is -0.330 e. The van der Waals surface area contributed by atoms with Crippen molar-refractivity contribution in [3.63, 3.8) is 0 Å². The van der Waals surface area contributed by atoms with Crippen LogP contribution in [0, 0.1) is 0 Å². The molecule has 8 nitrogen and oxygen atoms in total. The molecule has 2 amide bonds. The summed E-state index contributed by atoms with van der Waals surface area (Å²) >= 11 is 0. The standard InChI is InChI=1S/C24H35NO7S/c1-2-3-4-5-6-7-8-9-10-11-12-13-14-15-16-17-18-19-23(27)32-25-22(26)20-21(24(25)28)33(29,30)31/h6-7,9-10,12-13,15-16,21H,2-5,8,11,14,17-20H2,1H3,(H,29,30,31)/b7-6-,10-9-,13-12-,16-15-/t21-/m1/s1. The van der Waals surface area contributed by atoms with Crippen molar-refractivity contribution in [3.05, 3.63) is 48.6 Å². The quantitative estimate of drug-likeness (QED) is 0.148. The second-order valence-corrected chi connectivity index (χ2v) is 9.28.